The predicted octanol–water partition coefficient (Wildman–Crippen LogP) is 1.99. The first-order valence-corrected chi connectivity index (χ1v) is 7.47. The summed E-state index contributed by atoms with van der Waals surface area (Å²) in [5, 5.41) is 0.742. The van der Waals surface area contributed by atoms with Gasteiger partial charge >= 0.3 is 0 Å². The van der Waals surface area contributed by atoms with Crippen molar-refractivity contribution >= 4 is 27.5 Å². The van der Waals surface area contributed by atoms with Crippen LogP contribution < -0.4 is 4.90 Å². The fourth-order valence-electron chi connectivity index (χ4n) is 2.13. The molecule has 104 valence electrons. The number of alkyl halides is 1. The number of carbonyl (C=O) groups excluding carboxylic acids is 1. The quantitative estimate of drug-likeness (QED) is 0.796. The van der Waals surface area contributed by atoms with Crippen LogP contribution in [-0.2, 0) is 4.74 Å². The second-order valence-corrected chi connectivity index (χ2v) is 5.47. The molecule has 0 saturated carbocycles. The van der Waals surface area contributed by atoms with Crippen LogP contribution >= 0.6 is 15.9 Å². The lowest BCUT2D eigenvalue weighted by atomic mass is 10.1. The van der Waals surface area contributed by atoms with Crippen LogP contribution in [-0.4, -0.2) is 56.0 Å². The second-order valence-electron chi connectivity index (χ2n) is 4.83. The van der Waals surface area contributed by atoms with Crippen molar-refractivity contribution in [3.05, 3.63) is 29.8 Å². The summed E-state index contributed by atoms with van der Waals surface area (Å²) in [6.07, 6.45) is 0. The molecule has 1 atom stereocenters. The number of ether oxygens (including phenoxy) is 1. The van der Waals surface area contributed by atoms with E-state index in [-0.39, 0.29) is 11.9 Å². The van der Waals surface area contributed by atoms with Gasteiger partial charge in [-0.1, -0.05) is 22.0 Å². The highest BCUT2D eigenvalue weighted by atomic mass is 79.9. The first-order valence-electron chi connectivity index (χ1n) is 6.35. The number of rotatable bonds is 3. The zero-order valence-electron chi connectivity index (χ0n) is 11.3. The molecular formula is C14H19BrN2O2. The van der Waals surface area contributed by atoms with Gasteiger partial charge in [0.05, 0.1) is 19.3 Å². The summed E-state index contributed by atoms with van der Waals surface area (Å²) in [6.45, 7) is 1.87. The van der Waals surface area contributed by atoms with Crippen LogP contribution in [0.5, 0.6) is 0 Å². The van der Waals surface area contributed by atoms with Gasteiger partial charge in [0.2, 0.25) is 0 Å². The largest absolute Gasteiger partial charge is 0.378 e. The highest BCUT2D eigenvalue weighted by Gasteiger charge is 2.27. The molecule has 0 aliphatic carbocycles. The predicted molar refractivity (Wildman–Crippen MR) is 80.2 cm³/mol. The van der Waals surface area contributed by atoms with E-state index in [1.807, 2.05) is 48.2 Å². The molecule has 0 N–H and O–H groups in total. The minimum Gasteiger partial charge on any atom is -0.378 e. The first kappa shape index (κ1) is 14.3. The van der Waals surface area contributed by atoms with Crippen LogP contribution in [0, 0.1) is 0 Å². The van der Waals surface area contributed by atoms with Gasteiger partial charge in [0.15, 0.2) is 0 Å². The average molecular weight is 327 g/mol. The van der Waals surface area contributed by atoms with Gasteiger partial charge in [0, 0.05) is 37.2 Å². The SMILES string of the molecule is CN(C)c1cccc(C(=O)N2CCOCC2CBr)c1. The number of halogens is 1. The number of nitrogens with zero attached hydrogens (tertiary/aromatic N) is 2. The van der Waals surface area contributed by atoms with E-state index in [2.05, 4.69) is 15.9 Å². The first-order chi connectivity index (χ1) is 9.13. The number of benzene rings is 1. The van der Waals surface area contributed by atoms with Crippen LogP contribution in [0.2, 0.25) is 0 Å². The van der Waals surface area contributed by atoms with Gasteiger partial charge in [-0.2, -0.15) is 0 Å². The number of anilines is 1. The Hall–Kier alpha value is -1.07. The van der Waals surface area contributed by atoms with Crippen LogP contribution in [0.15, 0.2) is 24.3 Å². The molecule has 5 heteroatoms. The van der Waals surface area contributed by atoms with Crippen LogP contribution in [0.4, 0.5) is 5.69 Å². The highest BCUT2D eigenvalue weighted by Crippen LogP contribution is 2.18. The maximum absolute atomic E-state index is 12.6. The highest BCUT2D eigenvalue weighted by molar-refractivity contribution is 9.09. The zero-order valence-corrected chi connectivity index (χ0v) is 12.9. The molecular weight excluding hydrogens is 308 g/mol. The number of carbonyl (C=O) groups is 1. The molecule has 1 heterocycles. The Balaban J connectivity index is 2.20. The zero-order chi connectivity index (χ0) is 13.8. The van der Waals surface area contributed by atoms with E-state index >= 15 is 0 Å². The van der Waals surface area contributed by atoms with Gasteiger partial charge in [-0.05, 0) is 18.2 Å². The molecule has 1 unspecified atom stereocenters. The molecule has 1 aliphatic heterocycles. The van der Waals surface area contributed by atoms with Crippen molar-refractivity contribution < 1.29 is 9.53 Å². The Morgan fingerprint density at radius 1 is 1.53 bits per heavy atom. The molecule has 1 amide bonds. The third-order valence-electron chi connectivity index (χ3n) is 3.28. The van der Waals surface area contributed by atoms with E-state index in [0.717, 1.165) is 16.6 Å². The summed E-state index contributed by atoms with van der Waals surface area (Å²) in [7, 11) is 3.94. The molecule has 0 aromatic heterocycles. The average Bonchev–Trinajstić information content (AvgIpc) is 2.46. The summed E-state index contributed by atoms with van der Waals surface area (Å²) < 4.78 is 5.42. The Labute approximate surface area is 122 Å². The monoisotopic (exact) mass is 326 g/mol. The molecule has 1 aromatic carbocycles. The van der Waals surface area contributed by atoms with Gasteiger partial charge in [0.1, 0.15) is 0 Å². The van der Waals surface area contributed by atoms with E-state index in [1.54, 1.807) is 0 Å². The Morgan fingerprint density at radius 2 is 2.32 bits per heavy atom. The number of hydrogen-bond donors (Lipinski definition) is 0. The van der Waals surface area contributed by atoms with Crippen molar-refractivity contribution in [1.82, 2.24) is 4.90 Å². The van der Waals surface area contributed by atoms with Gasteiger partial charge in [-0.15, -0.1) is 0 Å². The summed E-state index contributed by atoms with van der Waals surface area (Å²) in [5.74, 6) is 0.0800. The lowest BCUT2D eigenvalue weighted by Crippen LogP contribution is -2.49. The molecule has 0 radical (unpaired) electrons. The second kappa shape index (κ2) is 6.39. The minimum absolute atomic E-state index is 0.0800. The van der Waals surface area contributed by atoms with Crippen molar-refractivity contribution in [3.63, 3.8) is 0 Å². The lowest BCUT2D eigenvalue weighted by Gasteiger charge is -2.34. The summed E-state index contributed by atoms with van der Waals surface area (Å²) >= 11 is 3.45. The maximum Gasteiger partial charge on any atom is 0.254 e. The van der Waals surface area contributed by atoms with E-state index in [0.29, 0.717) is 19.8 Å². The third kappa shape index (κ3) is 3.28. The molecule has 1 saturated heterocycles. The Bertz CT molecular complexity index is 451. The molecule has 1 aromatic rings. The van der Waals surface area contributed by atoms with E-state index in [4.69, 9.17) is 4.74 Å². The lowest BCUT2D eigenvalue weighted by molar-refractivity contribution is 0.00525. The van der Waals surface area contributed by atoms with Gasteiger partial charge in [-0.25, -0.2) is 0 Å². The molecule has 19 heavy (non-hydrogen) atoms. The van der Waals surface area contributed by atoms with Crippen molar-refractivity contribution in [2.75, 3.05) is 44.1 Å². The van der Waals surface area contributed by atoms with E-state index < -0.39 is 0 Å². The number of hydrogen-bond acceptors (Lipinski definition) is 3. The molecule has 2 rings (SSSR count). The molecule has 0 bridgehead atoms. The number of morpholine rings is 1. The smallest absolute Gasteiger partial charge is 0.254 e. The topological polar surface area (TPSA) is 32.8 Å². The molecule has 4 nitrogen and oxygen atoms in total. The minimum atomic E-state index is 0.0800. The van der Waals surface area contributed by atoms with Crippen molar-refractivity contribution in [2.45, 2.75) is 6.04 Å². The van der Waals surface area contributed by atoms with Crippen LogP contribution in [0.1, 0.15) is 10.4 Å². The fourth-order valence-corrected chi connectivity index (χ4v) is 2.67. The summed E-state index contributed by atoms with van der Waals surface area (Å²) in [5.41, 5.74) is 1.77. The van der Waals surface area contributed by atoms with Crippen LogP contribution in [0.25, 0.3) is 0 Å². The van der Waals surface area contributed by atoms with Crippen molar-refractivity contribution in [1.29, 1.82) is 0 Å². The van der Waals surface area contributed by atoms with Gasteiger partial charge < -0.3 is 14.5 Å². The number of amides is 1. The van der Waals surface area contributed by atoms with Crippen molar-refractivity contribution in [2.24, 2.45) is 0 Å². The molecule has 0 spiro atoms. The summed E-state index contributed by atoms with van der Waals surface area (Å²) in [6, 6.07) is 7.84. The third-order valence-corrected chi connectivity index (χ3v) is 4.02. The van der Waals surface area contributed by atoms with E-state index in [9.17, 15) is 4.79 Å². The summed E-state index contributed by atoms with van der Waals surface area (Å²) in [4.78, 5) is 16.5. The maximum atomic E-state index is 12.6. The van der Waals surface area contributed by atoms with E-state index in [1.165, 1.54) is 0 Å². The van der Waals surface area contributed by atoms with Crippen LogP contribution in [0.3, 0.4) is 0 Å². The Kier molecular flexibility index (Phi) is 4.82. The van der Waals surface area contributed by atoms with Crippen molar-refractivity contribution in [3.8, 4) is 0 Å². The fraction of sp³-hybridized carbons (Fsp3) is 0.500. The van der Waals surface area contributed by atoms with Gasteiger partial charge in [-0.3, -0.25) is 4.79 Å². The molecule has 1 aliphatic rings. The Morgan fingerprint density at radius 3 is 3.00 bits per heavy atom. The normalized spacial score (nSPS) is 19.3. The molecule has 1 fully saturated rings. The standard InChI is InChI=1S/C14H19BrN2O2/c1-16(2)12-5-3-4-11(8-12)14(18)17-6-7-19-10-13(17)9-15/h3-5,8,13H,6-7,9-10H2,1-2H3. The van der Waals surface area contributed by atoms with Gasteiger partial charge in [0.25, 0.3) is 5.91 Å².